The van der Waals surface area contributed by atoms with Crippen LogP contribution in [0.25, 0.3) is 11.3 Å². The van der Waals surface area contributed by atoms with Gasteiger partial charge in [0.05, 0.1) is 25.2 Å². The Kier molecular flexibility index (Phi) is 3.15. The fourth-order valence-corrected chi connectivity index (χ4v) is 1.50. The molecular weight excluding hydrogens is 303 g/mol. The maximum Gasteiger partial charge on any atom is 0.119 e. The van der Waals surface area contributed by atoms with Crippen LogP contribution in [0.5, 0.6) is 5.75 Å². The molecule has 3 nitrogen and oxygen atoms in total. The van der Waals surface area contributed by atoms with Gasteiger partial charge in [-0.3, -0.25) is 4.98 Å². The molecule has 1 heterocycles. The van der Waals surface area contributed by atoms with Crippen molar-refractivity contribution in [2.45, 2.75) is 0 Å². The lowest BCUT2D eigenvalue weighted by Gasteiger charge is -2.02. The highest BCUT2D eigenvalue weighted by Gasteiger charge is 1.99. The van der Waals surface area contributed by atoms with Crippen LogP contribution in [0.3, 0.4) is 0 Å². The smallest absolute Gasteiger partial charge is 0.119 e. The van der Waals surface area contributed by atoms with Crippen LogP contribution in [0.15, 0.2) is 36.7 Å². The Bertz CT molecular complexity index is 439. The summed E-state index contributed by atoms with van der Waals surface area (Å²) in [5, 5.41) is 0. The summed E-state index contributed by atoms with van der Waals surface area (Å²) in [7, 11) is 1.65. The Labute approximate surface area is 102 Å². The Balaban J connectivity index is 2.33. The number of rotatable bonds is 2. The zero-order valence-electron chi connectivity index (χ0n) is 8.14. The van der Waals surface area contributed by atoms with E-state index in [1.165, 1.54) is 0 Å². The number of hydrogen-bond donors (Lipinski definition) is 0. The lowest BCUT2D eigenvalue weighted by atomic mass is 10.1. The van der Waals surface area contributed by atoms with Crippen molar-refractivity contribution in [3.8, 4) is 17.0 Å². The maximum atomic E-state index is 5.09. The molecule has 0 bridgehead atoms. The minimum absolute atomic E-state index is 0.845. The van der Waals surface area contributed by atoms with Crippen molar-refractivity contribution in [3.05, 3.63) is 40.4 Å². The Morgan fingerprint density at radius 3 is 2.33 bits per heavy atom. The highest BCUT2D eigenvalue weighted by molar-refractivity contribution is 14.1. The number of ether oxygens (including phenoxy) is 1. The van der Waals surface area contributed by atoms with Crippen molar-refractivity contribution < 1.29 is 4.74 Å². The Hall–Kier alpha value is -1.17. The van der Waals surface area contributed by atoms with Gasteiger partial charge < -0.3 is 4.74 Å². The van der Waals surface area contributed by atoms with Gasteiger partial charge in [0.1, 0.15) is 9.45 Å². The van der Waals surface area contributed by atoms with Crippen molar-refractivity contribution in [2.75, 3.05) is 7.11 Å². The molecule has 0 aliphatic rings. The van der Waals surface area contributed by atoms with Crippen LogP contribution in [0.1, 0.15) is 0 Å². The predicted octanol–water partition coefficient (Wildman–Crippen LogP) is 2.76. The molecule has 0 saturated heterocycles. The van der Waals surface area contributed by atoms with E-state index in [1.807, 2.05) is 24.3 Å². The van der Waals surface area contributed by atoms with Crippen LogP contribution in [0, 0.1) is 3.70 Å². The molecule has 4 heteroatoms. The minimum Gasteiger partial charge on any atom is -0.497 e. The molecule has 0 saturated carbocycles. The summed E-state index contributed by atoms with van der Waals surface area (Å²) in [5.41, 5.74) is 1.91. The van der Waals surface area contributed by atoms with E-state index in [4.69, 9.17) is 4.74 Å². The second-order valence-corrected chi connectivity index (χ2v) is 4.06. The van der Waals surface area contributed by atoms with Crippen molar-refractivity contribution in [2.24, 2.45) is 0 Å². The summed E-state index contributed by atoms with van der Waals surface area (Å²) < 4.78 is 5.98. The second kappa shape index (κ2) is 4.57. The summed E-state index contributed by atoms with van der Waals surface area (Å²) in [6.07, 6.45) is 3.52. The van der Waals surface area contributed by atoms with Gasteiger partial charge in [-0.15, -0.1) is 0 Å². The molecule has 0 atom stereocenters. The standard InChI is InChI=1S/C11H9IN2O/c1-15-9-4-2-8(3-5-9)10-6-14-11(12)7-13-10/h2-7H,1H3. The molecule has 0 radical (unpaired) electrons. The highest BCUT2D eigenvalue weighted by atomic mass is 127. The van der Waals surface area contributed by atoms with Gasteiger partial charge in [0.2, 0.25) is 0 Å². The average molecular weight is 312 g/mol. The SMILES string of the molecule is COc1ccc(-c2cnc(I)cn2)cc1. The number of nitrogens with zero attached hydrogens (tertiary/aromatic N) is 2. The molecule has 2 rings (SSSR count). The Morgan fingerprint density at radius 2 is 1.80 bits per heavy atom. The van der Waals surface area contributed by atoms with Crippen molar-refractivity contribution in [1.82, 2.24) is 9.97 Å². The predicted molar refractivity (Wildman–Crippen MR) is 66.7 cm³/mol. The summed E-state index contributed by atoms with van der Waals surface area (Å²) in [6, 6.07) is 7.76. The fraction of sp³-hybridized carbons (Fsp3) is 0.0909. The summed E-state index contributed by atoms with van der Waals surface area (Å²) >= 11 is 2.13. The molecule has 0 amide bonds. The molecule has 0 unspecified atom stereocenters. The number of hydrogen-bond acceptors (Lipinski definition) is 3. The minimum atomic E-state index is 0.845. The molecule has 0 fully saturated rings. The first-order valence-corrected chi connectivity index (χ1v) is 5.49. The first-order chi connectivity index (χ1) is 7.29. The van der Waals surface area contributed by atoms with E-state index in [2.05, 4.69) is 32.6 Å². The van der Waals surface area contributed by atoms with E-state index in [-0.39, 0.29) is 0 Å². The summed E-state index contributed by atoms with van der Waals surface area (Å²) in [4.78, 5) is 8.48. The van der Waals surface area contributed by atoms with E-state index in [0.717, 1.165) is 20.7 Å². The van der Waals surface area contributed by atoms with Gasteiger partial charge in [-0.2, -0.15) is 0 Å². The Morgan fingerprint density at radius 1 is 1.07 bits per heavy atom. The van der Waals surface area contributed by atoms with E-state index in [9.17, 15) is 0 Å². The van der Waals surface area contributed by atoms with E-state index in [1.54, 1.807) is 19.5 Å². The lowest BCUT2D eigenvalue weighted by Crippen LogP contribution is -1.88. The van der Waals surface area contributed by atoms with Crippen LogP contribution in [-0.2, 0) is 0 Å². The third-order valence-electron chi connectivity index (χ3n) is 2.01. The molecule has 1 aromatic carbocycles. The van der Waals surface area contributed by atoms with E-state index < -0.39 is 0 Å². The molecule has 1 aromatic heterocycles. The van der Waals surface area contributed by atoms with Gasteiger partial charge in [-0.25, -0.2) is 4.98 Å². The van der Waals surface area contributed by atoms with Crippen LogP contribution < -0.4 is 4.74 Å². The van der Waals surface area contributed by atoms with Crippen molar-refractivity contribution in [3.63, 3.8) is 0 Å². The van der Waals surface area contributed by atoms with Crippen LogP contribution in [0.2, 0.25) is 0 Å². The molecule has 0 aliphatic heterocycles. The molecule has 76 valence electrons. The average Bonchev–Trinajstić information content (AvgIpc) is 2.30. The molecule has 15 heavy (non-hydrogen) atoms. The van der Waals surface area contributed by atoms with Gasteiger partial charge in [-0.1, -0.05) is 0 Å². The summed E-state index contributed by atoms with van der Waals surface area (Å²) in [5.74, 6) is 0.845. The van der Waals surface area contributed by atoms with Crippen molar-refractivity contribution in [1.29, 1.82) is 0 Å². The van der Waals surface area contributed by atoms with E-state index in [0.29, 0.717) is 0 Å². The number of aromatic nitrogens is 2. The van der Waals surface area contributed by atoms with Gasteiger partial charge in [-0.05, 0) is 46.9 Å². The first-order valence-electron chi connectivity index (χ1n) is 4.41. The summed E-state index contributed by atoms with van der Waals surface area (Å²) in [6.45, 7) is 0. The maximum absolute atomic E-state index is 5.09. The topological polar surface area (TPSA) is 35.0 Å². The second-order valence-electron chi connectivity index (χ2n) is 2.95. The molecule has 2 aromatic rings. The zero-order chi connectivity index (χ0) is 10.7. The molecule has 0 aliphatic carbocycles. The largest absolute Gasteiger partial charge is 0.497 e. The van der Waals surface area contributed by atoms with Gasteiger partial charge in [0.25, 0.3) is 0 Å². The van der Waals surface area contributed by atoms with Gasteiger partial charge in [0.15, 0.2) is 0 Å². The van der Waals surface area contributed by atoms with Crippen LogP contribution in [0.4, 0.5) is 0 Å². The monoisotopic (exact) mass is 312 g/mol. The number of benzene rings is 1. The third-order valence-corrected chi connectivity index (χ3v) is 2.56. The normalized spacial score (nSPS) is 10.0. The molecular formula is C11H9IN2O. The molecule has 0 N–H and O–H groups in total. The fourth-order valence-electron chi connectivity index (χ4n) is 1.22. The van der Waals surface area contributed by atoms with Gasteiger partial charge >= 0.3 is 0 Å². The quantitative estimate of drug-likeness (QED) is 0.800. The van der Waals surface area contributed by atoms with Crippen molar-refractivity contribution >= 4 is 22.6 Å². The van der Waals surface area contributed by atoms with Crippen LogP contribution >= 0.6 is 22.6 Å². The number of methoxy groups -OCH3 is 1. The molecule has 0 spiro atoms. The lowest BCUT2D eigenvalue weighted by molar-refractivity contribution is 0.415. The van der Waals surface area contributed by atoms with E-state index >= 15 is 0 Å². The van der Waals surface area contributed by atoms with Crippen LogP contribution in [-0.4, -0.2) is 17.1 Å². The zero-order valence-corrected chi connectivity index (χ0v) is 10.3. The highest BCUT2D eigenvalue weighted by Crippen LogP contribution is 2.19. The first kappa shape index (κ1) is 10.4. The van der Waals surface area contributed by atoms with Gasteiger partial charge in [0, 0.05) is 5.56 Å². The number of halogens is 1. The third kappa shape index (κ3) is 2.44.